The summed E-state index contributed by atoms with van der Waals surface area (Å²) in [4.78, 5) is 12.1. The Bertz CT molecular complexity index is 1130. The summed E-state index contributed by atoms with van der Waals surface area (Å²) >= 11 is 0. The molecule has 12 heteroatoms. The van der Waals surface area contributed by atoms with Crippen molar-refractivity contribution < 1.29 is 30.8 Å². The van der Waals surface area contributed by atoms with Crippen LogP contribution in [0.2, 0.25) is 0 Å². The van der Waals surface area contributed by atoms with Crippen LogP contribution in [0.15, 0.2) is 58.3 Å². The topological polar surface area (TPSA) is 122 Å². The van der Waals surface area contributed by atoms with Gasteiger partial charge in [0.05, 0.1) is 23.0 Å². The molecule has 0 bridgehead atoms. The van der Waals surface area contributed by atoms with E-state index in [0.717, 1.165) is 24.3 Å². The van der Waals surface area contributed by atoms with Gasteiger partial charge in [0.15, 0.2) is 0 Å². The van der Waals surface area contributed by atoms with Gasteiger partial charge in [-0.3, -0.25) is 4.79 Å². The highest BCUT2D eigenvalue weighted by Gasteiger charge is 2.26. The molecule has 0 atom stereocenters. The van der Waals surface area contributed by atoms with E-state index < -0.39 is 25.9 Å². The Hall–Kier alpha value is -2.38. The zero-order chi connectivity index (χ0) is 23.2. The van der Waals surface area contributed by atoms with Crippen LogP contribution in [-0.4, -0.2) is 59.9 Å². The molecule has 1 fully saturated rings. The lowest BCUT2D eigenvalue weighted by atomic mass is 10.2. The van der Waals surface area contributed by atoms with Crippen LogP contribution in [0.4, 0.5) is 4.39 Å². The molecule has 174 valence electrons. The Balaban J connectivity index is 1.46. The maximum absolute atomic E-state index is 12.9. The number of hydrogen-bond donors (Lipinski definition) is 2. The molecule has 9 nitrogen and oxygen atoms in total. The van der Waals surface area contributed by atoms with Gasteiger partial charge in [0, 0.05) is 32.6 Å². The van der Waals surface area contributed by atoms with Crippen LogP contribution in [0.3, 0.4) is 0 Å². The number of nitrogens with zero attached hydrogens (tertiary/aromatic N) is 1. The lowest BCUT2D eigenvalue weighted by Gasteiger charge is -2.26. The maximum Gasteiger partial charge on any atom is 0.243 e. The number of benzene rings is 2. The molecule has 1 amide bonds. The lowest BCUT2D eigenvalue weighted by molar-refractivity contribution is -0.121. The largest absolute Gasteiger partial charge is 0.379 e. The third-order valence-electron chi connectivity index (χ3n) is 4.79. The number of halogens is 1. The molecular formula is C20H24FN3O6S2. The van der Waals surface area contributed by atoms with E-state index in [4.69, 9.17) is 4.74 Å². The van der Waals surface area contributed by atoms with Crippen molar-refractivity contribution in [2.24, 2.45) is 0 Å². The van der Waals surface area contributed by atoms with Crippen LogP contribution < -0.4 is 10.0 Å². The average Bonchev–Trinajstić information content (AvgIpc) is 2.79. The molecule has 0 unspecified atom stereocenters. The number of rotatable bonds is 9. The summed E-state index contributed by atoms with van der Waals surface area (Å²) in [5.74, 6) is -0.924. The predicted octanol–water partition coefficient (Wildman–Crippen LogP) is 0.831. The van der Waals surface area contributed by atoms with Crippen LogP contribution in [0.1, 0.15) is 12.0 Å². The van der Waals surface area contributed by atoms with Crippen molar-refractivity contribution >= 4 is 26.0 Å². The van der Waals surface area contributed by atoms with Gasteiger partial charge in [0.25, 0.3) is 0 Å². The molecule has 2 aromatic rings. The van der Waals surface area contributed by atoms with Gasteiger partial charge in [-0.1, -0.05) is 12.1 Å². The molecule has 0 spiro atoms. The number of amides is 1. The van der Waals surface area contributed by atoms with E-state index in [9.17, 15) is 26.0 Å². The van der Waals surface area contributed by atoms with E-state index in [-0.39, 0.29) is 35.2 Å². The highest BCUT2D eigenvalue weighted by molar-refractivity contribution is 7.89. The third-order valence-corrected chi connectivity index (χ3v) is 8.18. The Morgan fingerprint density at radius 1 is 0.938 bits per heavy atom. The second kappa shape index (κ2) is 10.5. The highest BCUT2D eigenvalue weighted by Crippen LogP contribution is 2.17. The molecular weight excluding hydrogens is 461 g/mol. The number of ether oxygens (including phenoxy) is 1. The summed E-state index contributed by atoms with van der Waals surface area (Å²) in [6.07, 6.45) is -0.0933. The zero-order valence-corrected chi connectivity index (χ0v) is 18.8. The van der Waals surface area contributed by atoms with Gasteiger partial charge in [0.1, 0.15) is 5.82 Å². The van der Waals surface area contributed by atoms with Crippen LogP contribution in [-0.2, 0) is 36.1 Å². The van der Waals surface area contributed by atoms with Gasteiger partial charge in [-0.2, -0.15) is 4.31 Å². The second-order valence-electron chi connectivity index (χ2n) is 7.04. The van der Waals surface area contributed by atoms with E-state index in [1.807, 2.05) is 0 Å². The molecule has 2 aromatic carbocycles. The van der Waals surface area contributed by atoms with Crippen molar-refractivity contribution in [3.63, 3.8) is 0 Å². The van der Waals surface area contributed by atoms with Crippen LogP contribution in [0.25, 0.3) is 0 Å². The first kappa shape index (κ1) is 24.3. The Morgan fingerprint density at radius 3 is 2.16 bits per heavy atom. The van der Waals surface area contributed by atoms with Gasteiger partial charge in [0.2, 0.25) is 26.0 Å². The van der Waals surface area contributed by atoms with Crippen LogP contribution >= 0.6 is 0 Å². The summed E-state index contributed by atoms with van der Waals surface area (Å²) in [5.41, 5.74) is 0.700. The van der Waals surface area contributed by atoms with Crippen molar-refractivity contribution in [1.29, 1.82) is 0 Å². The summed E-state index contributed by atoms with van der Waals surface area (Å²) in [7, 11) is -7.41. The smallest absolute Gasteiger partial charge is 0.243 e. The average molecular weight is 486 g/mol. The van der Waals surface area contributed by atoms with Crippen molar-refractivity contribution in [3.05, 3.63) is 59.9 Å². The summed E-state index contributed by atoms with van der Waals surface area (Å²) in [6.45, 7) is 1.40. The van der Waals surface area contributed by atoms with Gasteiger partial charge in [-0.15, -0.1) is 0 Å². The quantitative estimate of drug-likeness (QED) is 0.543. The van der Waals surface area contributed by atoms with E-state index in [1.165, 1.54) is 16.4 Å². The fourth-order valence-electron chi connectivity index (χ4n) is 3.00. The van der Waals surface area contributed by atoms with Crippen LogP contribution in [0.5, 0.6) is 0 Å². The monoisotopic (exact) mass is 485 g/mol. The molecule has 1 heterocycles. The Labute approximate surface area is 186 Å². The molecule has 0 aliphatic carbocycles. The number of morpholine rings is 1. The van der Waals surface area contributed by atoms with Crippen molar-refractivity contribution in [1.82, 2.24) is 14.3 Å². The highest BCUT2D eigenvalue weighted by atomic mass is 32.2. The molecule has 1 aliphatic rings. The third kappa shape index (κ3) is 6.33. The predicted molar refractivity (Wildman–Crippen MR) is 114 cm³/mol. The second-order valence-corrected chi connectivity index (χ2v) is 10.7. The number of carbonyl (C=O) groups excluding carboxylic acids is 1. The minimum Gasteiger partial charge on any atom is -0.379 e. The molecule has 0 radical (unpaired) electrons. The SMILES string of the molecule is O=C(CCNS(=O)(=O)c1ccc(F)cc1)NCc1ccc(S(=O)(=O)N2CCOCC2)cc1. The van der Waals surface area contributed by atoms with Crippen molar-refractivity contribution in [2.45, 2.75) is 22.8 Å². The van der Waals surface area contributed by atoms with Gasteiger partial charge in [-0.25, -0.2) is 25.9 Å². The van der Waals surface area contributed by atoms with Crippen molar-refractivity contribution in [3.8, 4) is 0 Å². The summed E-state index contributed by atoms with van der Waals surface area (Å²) < 4.78 is 71.2. The standard InChI is InChI=1S/C20H24FN3O6S2/c21-17-3-7-18(8-4-17)31(26,27)23-10-9-20(25)22-15-16-1-5-19(6-2-16)32(28,29)24-11-13-30-14-12-24/h1-8,23H,9-15H2,(H,22,25). The van der Waals surface area contributed by atoms with E-state index in [0.29, 0.717) is 31.9 Å². The molecule has 3 rings (SSSR count). The van der Waals surface area contributed by atoms with E-state index in [2.05, 4.69) is 10.0 Å². The fraction of sp³-hybridized carbons (Fsp3) is 0.350. The number of nitrogens with one attached hydrogen (secondary N) is 2. The Kier molecular flexibility index (Phi) is 7.96. The minimum absolute atomic E-state index is 0.0913. The molecule has 0 aromatic heterocycles. The zero-order valence-electron chi connectivity index (χ0n) is 17.2. The summed E-state index contributed by atoms with van der Waals surface area (Å²) in [5, 5.41) is 2.65. The molecule has 0 saturated carbocycles. The normalized spacial score (nSPS) is 15.4. The molecule has 2 N–H and O–H groups in total. The first-order valence-electron chi connectivity index (χ1n) is 9.87. The van der Waals surface area contributed by atoms with Crippen LogP contribution in [0, 0.1) is 5.82 Å². The first-order chi connectivity index (χ1) is 15.2. The number of hydrogen-bond acceptors (Lipinski definition) is 6. The van der Waals surface area contributed by atoms with E-state index >= 15 is 0 Å². The maximum atomic E-state index is 12.9. The number of sulfonamides is 2. The van der Waals surface area contributed by atoms with Gasteiger partial charge >= 0.3 is 0 Å². The van der Waals surface area contributed by atoms with Crippen molar-refractivity contribution in [2.75, 3.05) is 32.8 Å². The molecule has 1 saturated heterocycles. The molecule has 32 heavy (non-hydrogen) atoms. The Morgan fingerprint density at radius 2 is 1.53 bits per heavy atom. The number of carbonyl (C=O) groups is 1. The fourth-order valence-corrected chi connectivity index (χ4v) is 5.44. The minimum atomic E-state index is -3.83. The lowest BCUT2D eigenvalue weighted by Crippen LogP contribution is -2.40. The van der Waals surface area contributed by atoms with Gasteiger partial charge in [-0.05, 0) is 42.0 Å². The summed E-state index contributed by atoms with van der Waals surface area (Å²) in [6, 6.07) is 10.6. The van der Waals surface area contributed by atoms with Gasteiger partial charge < -0.3 is 10.1 Å². The first-order valence-corrected chi connectivity index (χ1v) is 12.8. The van der Waals surface area contributed by atoms with E-state index in [1.54, 1.807) is 12.1 Å². The molecule has 1 aliphatic heterocycles.